The van der Waals surface area contributed by atoms with Crippen LogP contribution in [0.25, 0.3) is 0 Å². The molecule has 0 bridgehead atoms. The van der Waals surface area contributed by atoms with Crippen molar-refractivity contribution in [3.8, 4) is 0 Å². The zero-order chi connectivity index (χ0) is 11.8. The van der Waals surface area contributed by atoms with Gasteiger partial charge in [0.15, 0.2) is 6.04 Å². The minimum Gasteiger partial charge on any atom is -0.464 e. The van der Waals surface area contributed by atoms with Crippen molar-refractivity contribution < 1.29 is 14.3 Å². The highest BCUT2D eigenvalue weighted by atomic mass is 16.5. The van der Waals surface area contributed by atoms with Gasteiger partial charge in [0.05, 0.1) is 6.61 Å². The van der Waals surface area contributed by atoms with Gasteiger partial charge in [-0.1, -0.05) is 13.8 Å². The number of carbonyl (C=O) groups excluding carboxylic acids is 2. The first-order chi connectivity index (χ1) is 7.06. The summed E-state index contributed by atoms with van der Waals surface area (Å²) in [6, 6.07) is -1.15. The smallest absolute Gasteiger partial charge is 0.332 e. The molecule has 88 valence electrons. The molecular formula is C10H20N2O3. The Bertz CT molecular complexity index is 215. The number of esters is 1. The van der Waals surface area contributed by atoms with E-state index < -0.39 is 17.9 Å². The predicted octanol–water partition coefficient (Wildman–Crippen LogP) is 0.182. The zero-order valence-corrected chi connectivity index (χ0v) is 9.58. The Balaban J connectivity index is 4.14. The molecule has 1 atom stereocenters. The van der Waals surface area contributed by atoms with Gasteiger partial charge in [0.2, 0.25) is 5.91 Å². The minimum atomic E-state index is -1.22. The van der Waals surface area contributed by atoms with Gasteiger partial charge in [-0.05, 0) is 19.8 Å². The third-order valence-corrected chi connectivity index (χ3v) is 2.15. The van der Waals surface area contributed by atoms with Crippen molar-refractivity contribution >= 4 is 11.9 Å². The van der Waals surface area contributed by atoms with Crippen LogP contribution in [0.1, 0.15) is 33.6 Å². The highest BCUT2D eigenvalue weighted by Crippen LogP contribution is 1.97. The van der Waals surface area contributed by atoms with E-state index in [0.29, 0.717) is 0 Å². The molecule has 0 radical (unpaired) electrons. The van der Waals surface area contributed by atoms with Crippen LogP contribution in [-0.2, 0) is 14.3 Å². The lowest BCUT2D eigenvalue weighted by atomic mass is 10.1. The van der Waals surface area contributed by atoms with E-state index in [0.717, 1.165) is 12.8 Å². The summed E-state index contributed by atoms with van der Waals surface area (Å²) < 4.78 is 4.65. The molecule has 0 aromatic heterocycles. The number of nitrogens with one attached hydrogen (secondary N) is 1. The molecule has 3 N–H and O–H groups in total. The van der Waals surface area contributed by atoms with Crippen molar-refractivity contribution in [2.45, 2.75) is 45.7 Å². The van der Waals surface area contributed by atoms with E-state index in [1.54, 1.807) is 6.92 Å². The Labute approximate surface area is 90.4 Å². The Morgan fingerprint density at radius 3 is 2.20 bits per heavy atom. The van der Waals surface area contributed by atoms with Crippen LogP contribution in [0.2, 0.25) is 0 Å². The standard InChI is InChI=1S/C10H20N2O3/c1-4-7(5-2)12-9(13)8(11)10(14)15-6-3/h7-8H,4-6,11H2,1-3H3,(H,12,13). The first-order valence-corrected chi connectivity index (χ1v) is 5.29. The number of hydrogen-bond acceptors (Lipinski definition) is 4. The number of ether oxygens (including phenoxy) is 1. The van der Waals surface area contributed by atoms with Gasteiger partial charge in [0.25, 0.3) is 0 Å². The van der Waals surface area contributed by atoms with E-state index in [-0.39, 0.29) is 12.6 Å². The van der Waals surface area contributed by atoms with Crippen LogP contribution in [0.3, 0.4) is 0 Å². The SMILES string of the molecule is CCOC(=O)C(N)C(=O)NC(CC)CC. The summed E-state index contributed by atoms with van der Waals surface area (Å²) in [4.78, 5) is 22.6. The number of nitrogens with two attached hydrogens (primary N) is 1. The second-order valence-electron chi connectivity index (χ2n) is 3.25. The maximum atomic E-state index is 11.5. The van der Waals surface area contributed by atoms with E-state index in [2.05, 4.69) is 10.1 Å². The largest absolute Gasteiger partial charge is 0.464 e. The van der Waals surface area contributed by atoms with Gasteiger partial charge >= 0.3 is 5.97 Å². The average Bonchev–Trinajstić information content (AvgIpc) is 2.24. The Hall–Kier alpha value is -1.10. The molecule has 0 aromatic carbocycles. The lowest BCUT2D eigenvalue weighted by molar-refractivity contribution is -0.148. The van der Waals surface area contributed by atoms with Gasteiger partial charge in [-0.15, -0.1) is 0 Å². The Morgan fingerprint density at radius 1 is 1.27 bits per heavy atom. The molecule has 1 unspecified atom stereocenters. The number of rotatable bonds is 6. The molecule has 0 saturated carbocycles. The van der Waals surface area contributed by atoms with E-state index in [4.69, 9.17) is 5.73 Å². The lowest BCUT2D eigenvalue weighted by Crippen LogP contribution is -2.49. The Kier molecular flexibility index (Phi) is 6.70. The molecule has 0 rings (SSSR count). The molecule has 5 nitrogen and oxygen atoms in total. The summed E-state index contributed by atoms with van der Waals surface area (Å²) in [7, 11) is 0. The van der Waals surface area contributed by atoms with Crippen molar-refractivity contribution in [3.05, 3.63) is 0 Å². The number of carbonyl (C=O) groups is 2. The minimum absolute atomic E-state index is 0.0676. The average molecular weight is 216 g/mol. The molecule has 0 saturated heterocycles. The van der Waals surface area contributed by atoms with Crippen LogP contribution in [0, 0.1) is 0 Å². The molecule has 0 aliphatic rings. The monoisotopic (exact) mass is 216 g/mol. The second-order valence-corrected chi connectivity index (χ2v) is 3.25. The third-order valence-electron chi connectivity index (χ3n) is 2.15. The maximum Gasteiger partial charge on any atom is 0.332 e. The lowest BCUT2D eigenvalue weighted by Gasteiger charge is -2.17. The molecule has 0 fully saturated rings. The van der Waals surface area contributed by atoms with Crippen LogP contribution >= 0.6 is 0 Å². The molecule has 15 heavy (non-hydrogen) atoms. The molecule has 0 heterocycles. The van der Waals surface area contributed by atoms with Crippen LogP contribution in [0.15, 0.2) is 0 Å². The summed E-state index contributed by atoms with van der Waals surface area (Å²) in [5.74, 6) is -1.15. The third kappa shape index (κ3) is 4.78. The van der Waals surface area contributed by atoms with Crippen LogP contribution < -0.4 is 11.1 Å². The maximum absolute atomic E-state index is 11.5. The summed E-state index contributed by atoms with van der Waals surface area (Å²) in [5, 5.41) is 2.69. The van der Waals surface area contributed by atoms with Gasteiger partial charge in [0, 0.05) is 6.04 Å². The van der Waals surface area contributed by atoms with Crippen molar-refractivity contribution in [2.24, 2.45) is 5.73 Å². The van der Waals surface area contributed by atoms with Crippen molar-refractivity contribution in [1.29, 1.82) is 0 Å². The van der Waals surface area contributed by atoms with Gasteiger partial charge < -0.3 is 15.8 Å². The topological polar surface area (TPSA) is 81.4 Å². The Morgan fingerprint density at radius 2 is 1.80 bits per heavy atom. The van der Waals surface area contributed by atoms with Crippen LogP contribution in [0.5, 0.6) is 0 Å². The number of hydrogen-bond donors (Lipinski definition) is 2. The summed E-state index contributed by atoms with van der Waals surface area (Å²) >= 11 is 0. The zero-order valence-electron chi connectivity index (χ0n) is 9.58. The van der Waals surface area contributed by atoms with Crippen molar-refractivity contribution in [1.82, 2.24) is 5.32 Å². The van der Waals surface area contributed by atoms with Gasteiger partial charge in [-0.2, -0.15) is 0 Å². The van der Waals surface area contributed by atoms with Crippen LogP contribution in [0.4, 0.5) is 0 Å². The molecule has 0 aliphatic heterocycles. The van der Waals surface area contributed by atoms with Crippen LogP contribution in [-0.4, -0.2) is 30.6 Å². The molecular weight excluding hydrogens is 196 g/mol. The second kappa shape index (κ2) is 7.23. The molecule has 0 spiro atoms. The highest BCUT2D eigenvalue weighted by Gasteiger charge is 2.24. The normalized spacial score (nSPS) is 12.3. The summed E-state index contributed by atoms with van der Waals surface area (Å²) in [6.07, 6.45) is 1.63. The van der Waals surface area contributed by atoms with E-state index in [1.807, 2.05) is 13.8 Å². The summed E-state index contributed by atoms with van der Waals surface area (Å²) in [6.45, 7) is 5.82. The van der Waals surface area contributed by atoms with Gasteiger partial charge in [-0.3, -0.25) is 4.79 Å². The van der Waals surface area contributed by atoms with Gasteiger partial charge in [0.1, 0.15) is 0 Å². The van der Waals surface area contributed by atoms with Crippen molar-refractivity contribution in [2.75, 3.05) is 6.61 Å². The fourth-order valence-electron chi connectivity index (χ4n) is 1.12. The quantitative estimate of drug-likeness (QED) is 0.490. The highest BCUT2D eigenvalue weighted by molar-refractivity contribution is 6.01. The molecule has 1 amide bonds. The van der Waals surface area contributed by atoms with E-state index in [1.165, 1.54) is 0 Å². The van der Waals surface area contributed by atoms with E-state index in [9.17, 15) is 9.59 Å². The number of amides is 1. The fraction of sp³-hybridized carbons (Fsp3) is 0.800. The van der Waals surface area contributed by atoms with E-state index >= 15 is 0 Å². The first kappa shape index (κ1) is 13.9. The fourth-order valence-corrected chi connectivity index (χ4v) is 1.12. The molecule has 5 heteroatoms. The van der Waals surface area contributed by atoms with Gasteiger partial charge in [-0.25, -0.2) is 4.79 Å². The molecule has 0 aromatic rings. The van der Waals surface area contributed by atoms with Crippen molar-refractivity contribution in [3.63, 3.8) is 0 Å². The summed E-state index contributed by atoms with van der Waals surface area (Å²) in [5.41, 5.74) is 5.42. The molecule has 0 aliphatic carbocycles. The first-order valence-electron chi connectivity index (χ1n) is 5.29. The predicted molar refractivity (Wildman–Crippen MR) is 57.1 cm³/mol.